The molecule has 10 unspecified atom stereocenters. The Bertz CT molecular complexity index is 1960. The summed E-state index contributed by atoms with van der Waals surface area (Å²) in [5.41, 5.74) is 0.735. The number of ether oxygens (including phenoxy) is 11. The molecule has 3 aromatic carbocycles. The van der Waals surface area contributed by atoms with Crippen molar-refractivity contribution in [3.05, 3.63) is 108 Å². The Morgan fingerprint density at radius 3 is 1.03 bits per heavy atom. The predicted octanol–water partition coefficient (Wildman–Crippen LogP) is 3.61. The van der Waals surface area contributed by atoms with Crippen molar-refractivity contribution in [2.75, 3.05) is 13.2 Å². The van der Waals surface area contributed by atoms with Gasteiger partial charge in [0, 0.05) is 48.5 Å². The van der Waals surface area contributed by atoms with E-state index < -0.39 is 122 Å². The van der Waals surface area contributed by atoms with Gasteiger partial charge in [-0.1, -0.05) is 91.0 Å². The second kappa shape index (κ2) is 21.7. The highest BCUT2D eigenvalue weighted by Crippen LogP contribution is 2.42. The van der Waals surface area contributed by atoms with Crippen LogP contribution in [0.2, 0.25) is 0 Å². The Kier molecular flexibility index (Phi) is 16.5. The van der Waals surface area contributed by atoms with Gasteiger partial charge in [0.25, 0.3) is 0 Å². The number of esters is 7. The topological polar surface area (TPSA) is 221 Å². The lowest BCUT2D eigenvalue weighted by Gasteiger charge is -2.48. The molecule has 0 amide bonds. The van der Waals surface area contributed by atoms with Crippen LogP contribution in [0.3, 0.4) is 0 Å². The van der Waals surface area contributed by atoms with E-state index in [1.54, 1.807) is 0 Å². The molecule has 0 bridgehead atoms. The molecule has 2 fully saturated rings. The van der Waals surface area contributed by atoms with E-state index >= 15 is 0 Å². The van der Waals surface area contributed by atoms with Crippen LogP contribution in [0.15, 0.2) is 91.0 Å². The summed E-state index contributed by atoms with van der Waals surface area (Å²) in [7, 11) is 0. The second-order valence-corrected chi connectivity index (χ2v) is 14.6. The van der Waals surface area contributed by atoms with E-state index in [9.17, 15) is 33.6 Å². The van der Waals surface area contributed by atoms with Gasteiger partial charge in [-0.15, -0.1) is 0 Å². The lowest BCUT2D eigenvalue weighted by atomic mass is 9.80. The molecule has 18 nitrogen and oxygen atoms in total. The molecule has 2 heterocycles. The maximum absolute atomic E-state index is 12.8. The van der Waals surface area contributed by atoms with Crippen LogP contribution in [0, 0.1) is 0 Å². The summed E-state index contributed by atoms with van der Waals surface area (Å²) in [4.78, 5) is 87.9. The summed E-state index contributed by atoms with van der Waals surface area (Å²) < 4.78 is 65.1. The van der Waals surface area contributed by atoms with E-state index in [4.69, 9.17) is 52.1 Å². The van der Waals surface area contributed by atoms with Crippen molar-refractivity contribution in [2.45, 2.75) is 115 Å². The predicted molar refractivity (Wildman–Crippen MR) is 214 cm³/mol. The summed E-state index contributed by atoms with van der Waals surface area (Å²) in [6.07, 6.45) is -16.4. The minimum absolute atomic E-state index is 0.431. The third-order valence-corrected chi connectivity index (χ3v) is 9.72. The average molecular weight is 879 g/mol. The first-order valence-electron chi connectivity index (χ1n) is 19.9. The fourth-order valence-corrected chi connectivity index (χ4v) is 7.50. The number of carbonyl (C=O) groups is 7. The van der Waals surface area contributed by atoms with Crippen LogP contribution >= 0.6 is 0 Å². The Morgan fingerprint density at radius 1 is 0.413 bits per heavy atom. The minimum Gasteiger partial charge on any atom is -0.463 e. The molecule has 2 saturated heterocycles. The largest absolute Gasteiger partial charge is 0.463 e. The first kappa shape index (κ1) is 47.8. The SMILES string of the molecule is CC(=O)OCC1OC(OC2OC(COC(c3ccccc3)(c3ccccc3)c3ccccc3)C(OC(C)=O)C(OC(C)=O)C2OC(C)=O)C(OC(C)=O)C(OC(C)=O)C1OC(C)=O. The highest BCUT2D eigenvalue weighted by Gasteiger charge is 2.58. The minimum atomic E-state index is -1.85. The maximum Gasteiger partial charge on any atom is 0.303 e. The molecule has 18 heteroatoms. The van der Waals surface area contributed by atoms with Crippen molar-refractivity contribution in [3.8, 4) is 0 Å². The normalized spacial score (nSPS) is 25.6. The van der Waals surface area contributed by atoms with Gasteiger partial charge in [-0.05, 0) is 16.7 Å². The number of hydrogen-bond acceptors (Lipinski definition) is 18. The van der Waals surface area contributed by atoms with Gasteiger partial charge in [0.05, 0.1) is 6.61 Å². The van der Waals surface area contributed by atoms with Gasteiger partial charge in [-0.25, -0.2) is 0 Å². The smallest absolute Gasteiger partial charge is 0.303 e. The molecule has 0 spiro atoms. The maximum atomic E-state index is 12.8. The van der Waals surface area contributed by atoms with Crippen LogP contribution in [0.25, 0.3) is 0 Å². The summed E-state index contributed by atoms with van der Waals surface area (Å²) in [5.74, 6) is -6.06. The van der Waals surface area contributed by atoms with Gasteiger partial charge < -0.3 is 52.1 Å². The fourth-order valence-electron chi connectivity index (χ4n) is 7.50. The number of hydrogen-bond donors (Lipinski definition) is 0. The summed E-state index contributed by atoms with van der Waals surface area (Å²) in [5, 5.41) is 0. The van der Waals surface area contributed by atoms with Crippen molar-refractivity contribution < 1.29 is 85.7 Å². The van der Waals surface area contributed by atoms with Gasteiger partial charge in [-0.3, -0.25) is 33.6 Å². The van der Waals surface area contributed by atoms with E-state index in [0.29, 0.717) is 16.7 Å². The molecule has 0 N–H and O–H groups in total. The second-order valence-electron chi connectivity index (χ2n) is 14.6. The molecule has 0 saturated carbocycles. The Hall–Kier alpha value is -6.21. The zero-order chi connectivity index (χ0) is 45.8. The van der Waals surface area contributed by atoms with Crippen LogP contribution in [0.5, 0.6) is 0 Å². The van der Waals surface area contributed by atoms with Crippen LogP contribution in [-0.4, -0.2) is 116 Å². The Balaban J connectivity index is 1.65. The van der Waals surface area contributed by atoms with Gasteiger partial charge in [0.1, 0.15) is 24.4 Å². The highest BCUT2D eigenvalue weighted by atomic mass is 16.8. The average Bonchev–Trinajstić information content (AvgIpc) is 3.22. The van der Waals surface area contributed by atoms with E-state index in [2.05, 4.69) is 0 Å². The molecule has 3 aromatic rings. The number of carbonyl (C=O) groups excluding carboxylic acids is 7. The van der Waals surface area contributed by atoms with Crippen molar-refractivity contribution in [3.63, 3.8) is 0 Å². The number of benzene rings is 3. The first-order chi connectivity index (χ1) is 30.0. The van der Waals surface area contributed by atoms with Crippen molar-refractivity contribution >= 4 is 41.8 Å². The monoisotopic (exact) mass is 878 g/mol. The highest BCUT2D eigenvalue weighted by molar-refractivity contribution is 5.70. The third kappa shape index (κ3) is 12.3. The van der Waals surface area contributed by atoms with Crippen LogP contribution in [0.1, 0.15) is 65.2 Å². The molecule has 0 aliphatic carbocycles. The van der Waals surface area contributed by atoms with E-state index in [0.717, 1.165) is 48.5 Å². The Labute approximate surface area is 363 Å². The molecular weight excluding hydrogens is 828 g/mol. The third-order valence-electron chi connectivity index (χ3n) is 9.72. The first-order valence-corrected chi connectivity index (χ1v) is 19.9. The zero-order valence-corrected chi connectivity index (χ0v) is 35.7. The van der Waals surface area contributed by atoms with Crippen LogP contribution < -0.4 is 0 Å². The quantitative estimate of drug-likeness (QED) is 0.114. The molecule has 0 aromatic heterocycles. The molecule has 10 atom stereocenters. The standard InChI is InChI=1S/C45H50O18/c1-25(46)53-23-35-37(55-26(2)47)39(57-28(4)49)41(59-30(6)51)43(61-35)63-44-42(60-31(7)52)40(58-29(5)50)38(56-27(3)48)36(62-44)24-54-45(32-17-11-8-12-18-32,33-19-13-9-14-20-33)34-21-15-10-16-22-34/h8-22,35-44H,23-24H2,1-7H3. The van der Waals surface area contributed by atoms with E-state index in [1.807, 2.05) is 91.0 Å². The van der Waals surface area contributed by atoms with Gasteiger partial charge in [0.2, 0.25) is 12.6 Å². The molecule has 2 aliphatic rings. The van der Waals surface area contributed by atoms with Gasteiger partial charge >= 0.3 is 41.8 Å². The van der Waals surface area contributed by atoms with Crippen molar-refractivity contribution in [2.24, 2.45) is 0 Å². The van der Waals surface area contributed by atoms with Crippen LogP contribution in [-0.2, 0) is 91.3 Å². The lowest BCUT2D eigenvalue weighted by Crippen LogP contribution is -2.67. The Morgan fingerprint density at radius 2 is 0.714 bits per heavy atom. The number of rotatable bonds is 16. The fraction of sp³-hybridized carbons (Fsp3) is 0.444. The van der Waals surface area contributed by atoms with Crippen molar-refractivity contribution in [1.29, 1.82) is 0 Å². The van der Waals surface area contributed by atoms with Gasteiger partial charge in [0.15, 0.2) is 36.6 Å². The van der Waals surface area contributed by atoms with Gasteiger partial charge in [-0.2, -0.15) is 0 Å². The van der Waals surface area contributed by atoms with E-state index in [1.165, 1.54) is 0 Å². The van der Waals surface area contributed by atoms with E-state index in [-0.39, 0.29) is 0 Å². The molecule has 63 heavy (non-hydrogen) atoms. The zero-order valence-electron chi connectivity index (χ0n) is 35.7. The lowest BCUT2D eigenvalue weighted by molar-refractivity contribution is -0.378. The molecular formula is C45H50O18. The molecule has 2 aliphatic heterocycles. The summed E-state index contributed by atoms with van der Waals surface area (Å²) >= 11 is 0. The molecule has 338 valence electrons. The molecule has 5 rings (SSSR count). The molecule has 0 radical (unpaired) electrons. The summed E-state index contributed by atoms with van der Waals surface area (Å²) in [6, 6.07) is 27.8. The van der Waals surface area contributed by atoms with Crippen molar-refractivity contribution in [1.82, 2.24) is 0 Å². The summed E-state index contributed by atoms with van der Waals surface area (Å²) in [6.45, 7) is 6.50. The van der Waals surface area contributed by atoms with Crippen LogP contribution in [0.4, 0.5) is 0 Å².